The molecule has 2 aromatic rings. The van der Waals surface area contributed by atoms with Crippen molar-refractivity contribution in [3.05, 3.63) is 65.0 Å². The van der Waals surface area contributed by atoms with E-state index >= 15 is 4.39 Å². The third-order valence-electron chi connectivity index (χ3n) is 9.42. The summed E-state index contributed by atoms with van der Waals surface area (Å²) in [4.78, 5) is 28.0. The van der Waals surface area contributed by atoms with Crippen molar-refractivity contribution < 1.29 is 58.2 Å². The maximum Gasteiger partial charge on any atom is 0.435 e. The largest absolute Gasteiger partial charge is 0.435 e. The van der Waals surface area contributed by atoms with Crippen LogP contribution in [0.5, 0.6) is 0 Å². The van der Waals surface area contributed by atoms with E-state index < -0.39 is 72.5 Å². The van der Waals surface area contributed by atoms with E-state index in [4.69, 9.17) is 0 Å². The van der Waals surface area contributed by atoms with E-state index in [9.17, 15) is 53.8 Å². The van der Waals surface area contributed by atoms with Crippen LogP contribution in [0.25, 0.3) is 0 Å². The molecule has 0 aromatic heterocycles. The molecule has 0 spiro atoms. The number of aryl methyl sites for hydroxylation is 1. The Labute approximate surface area is 258 Å². The highest BCUT2D eigenvalue weighted by Crippen LogP contribution is 2.57. The van der Waals surface area contributed by atoms with E-state index in [-0.39, 0.29) is 68.9 Å². The van der Waals surface area contributed by atoms with Crippen LogP contribution in [0, 0.1) is 5.82 Å². The minimum atomic E-state index is -6.39. The number of aliphatic hydroxyl groups is 1. The number of fused-ring (bicyclic) bond motifs is 3. The number of sulfone groups is 1. The highest BCUT2D eigenvalue weighted by atomic mass is 32.2. The minimum absolute atomic E-state index is 0.00551. The number of halogens is 8. The first-order valence-corrected chi connectivity index (χ1v) is 15.7. The zero-order chi connectivity index (χ0) is 34.1. The number of rotatable bonds is 4. The van der Waals surface area contributed by atoms with E-state index in [0.717, 1.165) is 29.2 Å². The maximum atomic E-state index is 15.0. The minimum Gasteiger partial charge on any atom is -0.380 e. The van der Waals surface area contributed by atoms with Gasteiger partial charge < -0.3 is 20.2 Å². The Hall–Kier alpha value is -3.47. The predicted molar refractivity (Wildman–Crippen MR) is 145 cm³/mol. The highest BCUT2D eigenvalue weighted by molar-refractivity contribution is 7.92. The Kier molecular flexibility index (Phi) is 8.15. The Bertz CT molecular complexity index is 1630. The van der Waals surface area contributed by atoms with Crippen molar-refractivity contribution in [2.45, 2.75) is 71.4 Å². The molecule has 2 atom stereocenters. The predicted octanol–water partition coefficient (Wildman–Crippen LogP) is 4.50. The van der Waals surface area contributed by atoms with Crippen LogP contribution in [0.3, 0.4) is 0 Å². The highest BCUT2D eigenvalue weighted by Gasteiger charge is 2.74. The van der Waals surface area contributed by atoms with Gasteiger partial charge in [0.1, 0.15) is 16.2 Å². The van der Waals surface area contributed by atoms with Crippen molar-refractivity contribution in [1.29, 1.82) is 0 Å². The molecule has 2 aliphatic heterocycles. The molecule has 46 heavy (non-hydrogen) atoms. The summed E-state index contributed by atoms with van der Waals surface area (Å²) in [6, 6.07) is 3.25. The smallest absolute Gasteiger partial charge is 0.380 e. The first-order chi connectivity index (χ1) is 21.2. The first-order valence-electron chi connectivity index (χ1n) is 14.2. The van der Waals surface area contributed by atoms with Gasteiger partial charge in [-0.3, -0.25) is 4.79 Å². The molecule has 2 N–H and O–H groups in total. The standard InChI is InChI=1S/C29H29F8N3O5S/c1-38-24(42)39-13-10-25(43,11-14-39)23(41)40-15-12-26(46(44,45)20-6-4-19(30)5-7-20)21-8-3-18(16-17(21)2-9-22(26)40)27(31,28(32,33)34)29(35,36)37/h3-8,16,22,43H,2,9-15H2,1H3,(H,38,42)/t22-,26-/m0/s1. The number of carbonyl (C=O) groups excluding carboxylic acids is 2. The third kappa shape index (κ3) is 4.91. The van der Waals surface area contributed by atoms with Crippen LogP contribution in [0.15, 0.2) is 47.4 Å². The van der Waals surface area contributed by atoms with Crippen molar-refractivity contribution in [2.75, 3.05) is 26.7 Å². The third-order valence-corrected chi connectivity index (χ3v) is 12.0. The van der Waals surface area contributed by atoms with Gasteiger partial charge in [0.2, 0.25) is 0 Å². The second kappa shape index (κ2) is 11.1. The van der Waals surface area contributed by atoms with Crippen molar-refractivity contribution in [1.82, 2.24) is 15.1 Å². The SMILES string of the molecule is CNC(=O)N1CCC(O)(C(=O)N2CC[C@]3(S(=O)(=O)c4ccc(F)cc4)c4ccc(C(F)(C(F)(F)F)C(F)(F)F)cc4CC[C@H]23)CC1. The maximum absolute atomic E-state index is 15.0. The van der Waals surface area contributed by atoms with Gasteiger partial charge in [-0.25, -0.2) is 22.0 Å². The average molecular weight is 684 g/mol. The number of amides is 3. The van der Waals surface area contributed by atoms with E-state index in [1.165, 1.54) is 11.9 Å². The van der Waals surface area contributed by atoms with Gasteiger partial charge in [-0.15, -0.1) is 0 Å². The number of hydrogen-bond acceptors (Lipinski definition) is 5. The van der Waals surface area contributed by atoms with Gasteiger partial charge in [-0.1, -0.05) is 18.2 Å². The Balaban J connectivity index is 1.62. The van der Waals surface area contributed by atoms with Gasteiger partial charge in [0.25, 0.3) is 5.91 Å². The summed E-state index contributed by atoms with van der Waals surface area (Å²) in [5.41, 5.74) is -10.0. The summed E-state index contributed by atoms with van der Waals surface area (Å²) in [6.07, 6.45) is -14.1. The monoisotopic (exact) mass is 683 g/mol. The summed E-state index contributed by atoms with van der Waals surface area (Å²) < 4.78 is 137. The van der Waals surface area contributed by atoms with E-state index in [2.05, 4.69) is 5.32 Å². The lowest BCUT2D eigenvalue weighted by atomic mass is 9.76. The van der Waals surface area contributed by atoms with Gasteiger partial charge in [0, 0.05) is 45.1 Å². The molecule has 0 radical (unpaired) electrons. The molecule has 1 aliphatic carbocycles. The average Bonchev–Trinajstić information content (AvgIpc) is 3.40. The molecule has 3 amide bonds. The lowest BCUT2D eigenvalue weighted by Gasteiger charge is -2.45. The molecule has 0 saturated carbocycles. The number of alkyl halides is 7. The Morgan fingerprint density at radius 3 is 2.04 bits per heavy atom. The summed E-state index contributed by atoms with van der Waals surface area (Å²) in [5, 5.41) is 13.8. The fourth-order valence-electron chi connectivity index (χ4n) is 7.02. The summed E-state index contributed by atoms with van der Waals surface area (Å²) in [6.45, 7) is -0.284. The number of hydrogen-bond donors (Lipinski definition) is 2. The molecular formula is C29H29F8N3O5S. The van der Waals surface area contributed by atoms with Crippen LogP contribution in [0.1, 0.15) is 42.4 Å². The quantitative estimate of drug-likeness (QED) is 0.365. The van der Waals surface area contributed by atoms with Gasteiger partial charge >= 0.3 is 24.1 Å². The number of nitrogens with one attached hydrogen (secondary N) is 1. The molecule has 0 unspecified atom stereocenters. The van der Waals surface area contributed by atoms with Crippen molar-refractivity contribution in [3.63, 3.8) is 0 Å². The number of benzene rings is 2. The first kappa shape index (κ1) is 33.9. The van der Waals surface area contributed by atoms with Crippen molar-refractivity contribution in [3.8, 4) is 0 Å². The molecule has 5 rings (SSSR count). The number of nitrogens with zero attached hydrogens (tertiary/aromatic N) is 2. The number of piperidine rings is 1. The van der Waals surface area contributed by atoms with Crippen LogP contribution < -0.4 is 5.32 Å². The van der Waals surface area contributed by atoms with Crippen molar-refractivity contribution in [2.24, 2.45) is 0 Å². The van der Waals surface area contributed by atoms with Crippen LogP contribution in [0.4, 0.5) is 39.9 Å². The zero-order valence-electron chi connectivity index (χ0n) is 24.2. The van der Waals surface area contributed by atoms with Crippen LogP contribution >= 0.6 is 0 Å². The Morgan fingerprint density at radius 1 is 0.913 bits per heavy atom. The molecule has 2 fully saturated rings. The van der Waals surface area contributed by atoms with Gasteiger partial charge in [0.05, 0.1) is 10.9 Å². The van der Waals surface area contributed by atoms with E-state index in [1.807, 2.05) is 0 Å². The van der Waals surface area contributed by atoms with Crippen LogP contribution in [-0.2, 0) is 31.5 Å². The van der Waals surface area contributed by atoms with E-state index in [1.54, 1.807) is 0 Å². The lowest BCUT2D eigenvalue weighted by Crippen LogP contribution is -2.60. The van der Waals surface area contributed by atoms with Gasteiger partial charge in [0.15, 0.2) is 9.84 Å². The molecule has 2 heterocycles. The fraction of sp³-hybridized carbons (Fsp3) is 0.517. The summed E-state index contributed by atoms with van der Waals surface area (Å²) in [7, 11) is -3.27. The van der Waals surface area contributed by atoms with Crippen LogP contribution in [0.2, 0.25) is 0 Å². The Morgan fingerprint density at radius 2 is 1.50 bits per heavy atom. The molecule has 17 heteroatoms. The zero-order valence-corrected chi connectivity index (χ0v) is 25.0. The number of urea groups is 1. The molecule has 252 valence electrons. The van der Waals surface area contributed by atoms with Gasteiger partial charge in [-0.05, 0) is 54.7 Å². The fourth-order valence-corrected chi connectivity index (χ4v) is 9.38. The molecule has 3 aliphatic rings. The molecule has 2 aromatic carbocycles. The second-order valence-corrected chi connectivity index (χ2v) is 14.0. The number of likely N-dealkylation sites (tertiary alicyclic amines) is 2. The number of carbonyl (C=O) groups is 2. The molecule has 8 nitrogen and oxygen atoms in total. The second-order valence-electron chi connectivity index (χ2n) is 11.7. The normalized spacial score (nSPS) is 23.5. The molecule has 0 bridgehead atoms. The summed E-state index contributed by atoms with van der Waals surface area (Å²) in [5.74, 6) is -1.63. The lowest BCUT2D eigenvalue weighted by molar-refractivity contribution is -0.348. The topological polar surface area (TPSA) is 107 Å². The van der Waals surface area contributed by atoms with Crippen LogP contribution in [-0.4, -0.2) is 85.9 Å². The van der Waals surface area contributed by atoms with Gasteiger partial charge in [-0.2, -0.15) is 26.3 Å². The molecule has 2 saturated heterocycles. The molecular weight excluding hydrogens is 654 g/mol. The van der Waals surface area contributed by atoms with E-state index in [0.29, 0.717) is 12.1 Å². The van der Waals surface area contributed by atoms with Crippen molar-refractivity contribution >= 4 is 21.8 Å². The summed E-state index contributed by atoms with van der Waals surface area (Å²) >= 11 is 0.